The third kappa shape index (κ3) is 4.21. The summed E-state index contributed by atoms with van der Waals surface area (Å²) in [5.41, 5.74) is -0.349. The van der Waals surface area contributed by atoms with E-state index in [1.165, 1.54) is 7.11 Å². The number of Topliss-reactive ketones (excluding diaryl/α,β-unsaturated/α-hetero) is 1. The van der Waals surface area contributed by atoms with Crippen molar-refractivity contribution in [3.8, 4) is 0 Å². The fourth-order valence-corrected chi connectivity index (χ4v) is 3.32. The molecule has 1 aliphatic heterocycles. The number of benzene rings is 2. The summed E-state index contributed by atoms with van der Waals surface area (Å²) in [6, 6.07) is 17.6. The Morgan fingerprint density at radius 2 is 1.62 bits per heavy atom. The van der Waals surface area contributed by atoms with Crippen molar-refractivity contribution in [2.75, 3.05) is 13.7 Å². The largest absolute Gasteiger partial charge is 0.474 e. The van der Waals surface area contributed by atoms with Crippen molar-refractivity contribution >= 4 is 23.5 Å². The van der Waals surface area contributed by atoms with Gasteiger partial charge in [0.05, 0.1) is 25.7 Å². The highest BCUT2D eigenvalue weighted by molar-refractivity contribution is 6.04. The average Bonchev–Trinajstić information content (AvgIpc) is 3.15. The molecule has 2 aromatic rings. The molecule has 0 fully saturated rings. The maximum Gasteiger partial charge on any atom is 0.351 e. The van der Waals surface area contributed by atoms with Gasteiger partial charge in [-0.25, -0.2) is 9.59 Å². The summed E-state index contributed by atoms with van der Waals surface area (Å²) < 4.78 is 16.2. The molecule has 0 aliphatic carbocycles. The number of esters is 2. The second-order valence-corrected chi connectivity index (χ2v) is 6.62. The Hall–Kier alpha value is -3.41. The molecule has 0 spiro atoms. The highest BCUT2D eigenvalue weighted by atomic mass is 16.6. The quantitative estimate of drug-likeness (QED) is 0.528. The van der Waals surface area contributed by atoms with Gasteiger partial charge in [-0.05, 0) is 6.92 Å². The molecule has 0 amide bonds. The molecule has 2 aromatic carbocycles. The van der Waals surface area contributed by atoms with Gasteiger partial charge in [-0.3, -0.25) is 4.79 Å². The first-order chi connectivity index (χ1) is 14.0. The van der Waals surface area contributed by atoms with Gasteiger partial charge in [-0.1, -0.05) is 60.7 Å². The van der Waals surface area contributed by atoms with Gasteiger partial charge in [0.2, 0.25) is 5.60 Å². The van der Waals surface area contributed by atoms with Crippen molar-refractivity contribution < 1.29 is 28.6 Å². The minimum absolute atomic E-state index is 0.110. The Balaban J connectivity index is 2.00. The summed E-state index contributed by atoms with van der Waals surface area (Å²) >= 11 is 0. The molecule has 1 heterocycles. The van der Waals surface area contributed by atoms with E-state index < -0.39 is 17.5 Å². The van der Waals surface area contributed by atoms with Crippen LogP contribution in [0.5, 0.6) is 0 Å². The molecule has 150 valence electrons. The van der Waals surface area contributed by atoms with Gasteiger partial charge in [-0.15, -0.1) is 0 Å². The lowest BCUT2D eigenvalue weighted by atomic mass is 9.89. The molecule has 29 heavy (non-hydrogen) atoms. The van der Waals surface area contributed by atoms with E-state index in [0.717, 1.165) is 0 Å². The summed E-state index contributed by atoms with van der Waals surface area (Å²) in [6.45, 7) is 1.88. The van der Waals surface area contributed by atoms with Gasteiger partial charge in [0.15, 0.2) is 5.78 Å². The van der Waals surface area contributed by atoms with Crippen LogP contribution < -0.4 is 0 Å². The Labute approximate surface area is 169 Å². The lowest BCUT2D eigenvalue weighted by Crippen LogP contribution is -2.42. The summed E-state index contributed by atoms with van der Waals surface area (Å²) in [6.07, 6.45) is -0.371. The molecule has 1 atom stereocenters. The van der Waals surface area contributed by atoms with Crippen LogP contribution in [0.3, 0.4) is 0 Å². The molecular formula is C23H22O6. The monoisotopic (exact) mass is 394 g/mol. The number of carbonyl (C=O) groups excluding carboxylic acids is 3. The summed E-state index contributed by atoms with van der Waals surface area (Å²) in [4.78, 5) is 38.2. The molecule has 0 saturated carbocycles. The molecule has 6 heteroatoms. The van der Waals surface area contributed by atoms with E-state index in [0.29, 0.717) is 11.1 Å². The number of methoxy groups -OCH3 is 1. The summed E-state index contributed by atoms with van der Waals surface area (Å²) in [7, 11) is 1.23. The predicted molar refractivity (Wildman–Crippen MR) is 106 cm³/mol. The number of carbonyl (C=O) groups is 3. The standard InChI is InChI=1S/C23H22O6/c1-3-28-21(25)18-14-23(22(26)27-2,15-19(24)16-10-6-4-7-11-16)29-20(18)17-12-8-5-9-13-17/h4-13H,3,14-15H2,1-2H3. The average molecular weight is 394 g/mol. The minimum atomic E-state index is -1.63. The molecule has 0 saturated heterocycles. The maximum atomic E-state index is 12.8. The second kappa shape index (κ2) is 8.73. The van der Waals surface area contributed by atoms with Crippen molar-refractivity contribution in [2.45, 2.75) is 25.4 Å². The molecule has 0 bridgehead atoms. The molecule has 0 aromatic heterocycles. The van der Waals surface area contributed by atoms with Crippen LogP contribution >= 0.6 is 0 Å². The zero-order chi connectivity index (χ0) is 20.9. The highest BCUT2D eigenvalue weighted by Crippen LogP contribution is 2.43. The minimum Gasteiger partial charge on any atom is -0.474 e. The van der Waals surface area contributed by atoms with E-state index in [9.17, 15) is 14.4 Å². The number of hydrogen-bond donors (Lipinski definition) is 0. The van der Waals surface area contributed by atoms with Crippen LogP contribution in [0.25, 0.3) is 5.76 Å². The van der Waals surface area contributed by atoms with Crippen LogP contribution in [0.1, 0.15) is 35.7 Å². The second-order valence-electron chi connectivity index (χ2n) is 6.62. The first kappa shape index (κ1) is 20.3. The predicted octanol–water partition coefficient (Wildman–Crippen LogP) is 3.57. The van der Waals surface area contributed by atoms with Crippen molar-refractivity contribution in [2.24, 2.45) is 0 Å². The lowest BCUT2D eigenvalue weighted by Gasteiger charge is -2.26. The molecule has 3 rings (SSSR count). The zero-order valence-electron chi connectivity index (χ0n) is 16.3. The van der Waals surface area contributed by atoms with E-state index >= 15 is 0 Å². The third-order valence-electron chi connectivity index (χ3n) is 4.69. The van der Waals surface area contributed by atoms with Crippen molar-refractivity contribution in [3.05, 3.63) is 77.4 Å². The molecule has 1 aliphatic rings. The molecule has 0 radical (unpaired) electrons. The highest BCUT2D eigenvalue weighted by Gasteiger charge is 2.52. The van der Waals surface area contributed by atoms with Crippen LogP contribution in [-0.2, 0) is 23.8 Å². The Bertz CT molecular complexity index is 932. The van der Waals surface area contributed by atoms with Crippen molar-refractivity contribution in [1.82, 2.24) is 0 Å². The summed E-state index contributed by atoms with van der Waals surface area (Å²) in [5, 5.41) is 0. The Kier molecular flexibility index (Phi) is 6.12. The number of ketones is 1. The molecule has 6 nitrogen and oxygen atoms in total. The van der Waals surface area contributed by atoms with Gasteiger partial charge in [-0.2, -0.15) is 0 Å². The zero-order valence-corrected chi connectivity index (χ0v) is 16.3. The fourth-order valence-electron chi connectivity index (χ4n) is 3.32. The van der Waals surface area contributed by atoms with Gasteiger partial charge < -0.3 is 14.2 Å². The lowest BCUT2D eigenvalue weighted by molar-refractivity contribution is -0.159. The SMILES string of the molecule is CCOC(=O)C1=C(c2ccccc2)OC(CC(=O)c2ccccc2)(C(=O)OC)C1. The van der Waals surface area contributed by atoms with E-state index in [1.54, 1.807) is 61.5 Å². The summed E-state index contributed by atoms with van der Waals surface area (Å²) in [5.74, 6) is -1.34. The smallest absolute Gasteiger partial charge is 0.351 e. The Morgan fingerprint density at radius 1 is 1.00 bits per heavy atom. The van der Waals surface area contributed by atoms with E-state index in [2.05, 4.69) is 0 Å². The topological polar surface area (TPSA) is 78.9 Å². The van der Waals surface area contributed by atoms with Crippen LogP contribution in [0.15, 0.2) is 66.2 Å². The van der Waals surface area contributed by atoms with E-state index in [-0.39, 0.29) is 36.6 Å². The Morgan fingerprint density at radius 3 is 2.21 bits per heavy atom. The van der Waals surface area contributed by atoms with Crippen LogP contribution in [0.4, 0.5) is 0 Å². The van der Waals surface area contributed by atoms with Crippen LogP contribution in [0.2, 0.25) is 0 Å². The number of rotatable bonds is 7. The first-order valence-corrected chi connectivity index (χ1v) is 9.32. The van der Waals surface area contributed by atoms with Gasteiger partial charge in [0, 0.05) is 17.5 Å². The van der Waals surface area contributed by atoms with Crippen LogP contribution in [0, 0.1) is 0 Å². The van der Waals surface area contributed by atoms with Gasteiger partial charge in [0.1, 0.15) is 5.76 Å². The number of hydrogen-bond acceptors (Lipinski definition) is 6. The van der Waals surface area contributed by atoms with Gasteiger partial charge >= 0.3 is 11.9 Å². The number of ether oxygens (including phenoxy) is 3. The molecular weight excluding hydrogens is 372 g/mol. The molecule has 1 unspecified atom stereocenters. The van der Waals surface area contributed by atoms with Crippen LogP contribution in [-0.4, -0.2) is 37.0 Å². The van der Waals surface area contributed by atoms with Crippen molar-refractivity contribution in [1.29, 1.82) is 0 Å². The maximum absolute atomic E-state index is 12.8. The molecule has 0 N–H and O–H groups in total. The first-order valence-electron chi connectivity index (χ1n) is 9.32. The third-order valence-corrected chi connectivity index (χ3v) is 4.69. The van der Waals surface area contributed by atoms with Gasteiger partial charge in [0.25, 0.3) is 0 Å². The van der Waals surface area contributed by atoms with Crippen molar-refractivity contribution in [3.63, 3.8) is 0 Å². The normalized spacial score (nSPS) is 18.1. The van der Waals surface area contributed by atoms with E-state index in [1.807, 2.05) is 6.07 Å². The van der Waals surface area contributed by atoms with E-state index in [4.69, 9.17) is 14.2 Å². The fraction of sp³-hybridized carbons (Fsp3) is 0.261.